The van der Waals surface area contributed by atoms with E-state index >= 15 is 0 Å². The van der Waals surface area contributed by atoms with Crippen molar-refractivity contribution in [1.82, 2.24) is 4.57 Å². The van der Waals surface area contributed by atoms with Crippen molar-refractivity contribution in [3.63, 3.8) is 0 Å². The quantitative estimate of drug-likeness (QED) is 0.838. The SMILES string of the molecule is CC(C)n1cc(N)c(-c2cccc(Cl)c2)c1. The molecule has 0 aliphatic heterocycles. The van der Waals surface area contributed by atoms with Crippen molar-refractivity contribution in [2.24, 2.45) is 0 Å². The van der Waals surface area contributed by atoms with Gasteiger partial charge in [0.15, 0.2) is 0 Å². The van der Waals surface area contributed by atoms with Crippen LogP contribution in [0.25, 0.3) is 11.1 Å². The molecule has 2 N–H and O–H groups in total. The highest BCUT2D eigenvalue weighted by atomic mass is 35.5. The van der Waals surface area contributed by atoms with Gasteiger partial charge >= 0.3 is 0 Å². The van der Waals surface area contributed by atoms with Crippen LogP contribution in [0.4, 0.5) is 5.69 Å². The Hall–Kier alpha value is -1.41. The van der Waals surface area contributed by atoms with E-state index in [4.69, 9.17) is 17.3 Å². The fourth-order valence-electron chi connectivity index (χ4n) is 1.69. The number of rotatable bonds is 2. The predicted octanol–water partition coefficient (Wildman–Crippen LogP) is 3.97. The van der Waals surface area contributed by atoms with E-state index in [0.717, 1.165) is 21.8 Å². The maximum Gasteiger partial charge on any atom is 0.0573 e. The third-order valence-corrected chi connectivity index (χ3v) is 2.84. The Labute approximate surface area is 101 Å². The van der Waals surface area contributed by atoms with Crippen LogP contribution >= 0.6 is 11.6 Å². The highest BCUT2D eigenvalue weighted by Gasteiger charge is 2.08. The molecule has 0 saturated carbocycles. The van der Waals surface area contributed by atoms with E-state index in [0.29, 0.717) is 6.04 Å². The third kappa shape index (κ3) is 2.07. The molecule has 0 fully saturated rings. The number of hydrogen-bond donors (Lipinski definition) is 1. The zero-order valence-electron chi connectivity index (χ0n) is 9.44. The first-order valence-corrected chi connectivity index (χ1v) is 5.68. The average Bonchev–Trinajstić information content (AvgIpc) is 2.60. The normalized spacial score (nSPS) is 11.0. The summed E-state index contributed by atoms with van der Waals surface area (Å²) in [5.74, 6) is 0. The van der Waals surface area contributed by atoms with E-state index in [-0.39, 0.29) is 0 Å². The Morgan fingerprint density at radius 1 is 1.25 bits per heavy atom. The van der Waals surface area contributed by atoms with Crippen molar-refractivity contribution in [3.8, 4) is 11.1 Å². The molecule has 1 heterocycles. The van der Waals surface area contributed by atoms with E-state index in [9.17, 15) is 0 Å². The molecule has 1 aromatic carbocycles. The van der Waals surface area contributed by atoms with Gasteiger partial charge in [0.1, 0.15) is 0 Å². The minimum absolute atomic E-state index is 0.412. The molecular formula is C13H15ClN2. The van der Waals surface area contributed by atoms with Crippen molar-refractivity contribution in [1.29, 1.82) is 0 Å². The van der Waals surface area contributed by atoms with Gasteiger partial charge in [-0.1, -0.05) is 23.7 Å². The summed E-state index contributed by atoms with van der Waals surface area (Å²) in [5, 5.41) is 0.731. The summed E-state index contributed by atoms with van der Waals surface area (Å²) >= 11 is 5.97. The van der Waals surface area contributed by atoms with Gasteiger partial charge in [-0.2, -0.15) is 0 Å². The molecule has 0 aliphatic carbocycles. The molecule has 2 rings (SSSR count). The number of nitrogens with zero attached hydrogens (tertiary/aromatic N) is 1. The summed E-state index contributed by atoms with van der Waals surface area (Å²) in [4.78, 5) is 0. The fourth-order valence-corrected chi connectivity index (χ4v) is 1.88. The summed E-state index contributed by atoms with van der Waals surface area (Å²) in [6, 6.07) is 8.15. The van der Waals surface area contributed by atoms with E-state index in [1.54, 1.807) is 0 Å². The molecule has 2 nitrogen and oxygen atoms in total. The molecule has 0 saturated heterocycles. The second-order valence-electron chi connectivity index (χ2n) is 4.18. The molecule has 0 spiro atoms. The van der Waals surface area contributed by atoms with Crippen LogP contribution in [-0.2, 0) is 0 Å². The van der Waals surface area contributed by atoms with Gasteiger partial charge in [0.05, 0.1) is 5.69 Å². The molecule has 84 valence electrons. The van der Waals surface area contributed by atoms with Crippen LogP contribution in [0, 0.1) is 0 Å². The molecule has 0 aliphatic rings. The highest BCUT2D eigenvalue weighted by Crippen LogP contribution is 2.29. The van der Waals surface area contributed by atoms with Crippen LogP contribution in [0.5, 0.6) is 0 Å². The summed E-state index contributed by atoms with van der Waals surface area (Å²) in [6.45, 7) is 4.25. The van der Waals surface area contributed by atoms with Gasteiger partial charge in [-0.05, 0) is 31.5 Å². The van der Waals surface area contributed by atoms with Crippen molar-refractivity contribution in [2.75, 3.05) is 5.73 Å². The second kappa shape index (κ2) is 4.22. The lowest BCUT2D eigenvalue weighted by atomic mass is 10.1. The Kier molecular flexibility index (Phi) is 2.92. The lowest BCUT2D eigenvalue weighted by molar-refractivity contribution is 0.604. The first-order valence-electron chi connectivity index (χ1n) is 5.31. The number of nitrogen functional groups attached to an aromatic ring is 1. The molecule has 0 bridgehead atoms. The number of benzene rings is 1. The zero-order valence-corrected chi connectivity index (χ0v) is 10.2. The number of aromatic nitrogens is 1. The maximum absolute atomic E-state index is 6.00. The molecule has 0 radical (unpaired) electrons. The highest BCUT2D eigenvalue weighted by molar-refractivity contribution is 6.30. The lowest BCUT2D eigenvalue weighted by Gasteiger charge is -2.05. The van der Waals surface area contributed by atoms with Crippen molar-refractivity contribution < 1.29 is 0 Å². The average molecular weight is 235 g/mol. The van der Waals surface area contributed by atoms with Gasteiger partial charge in [0, 0.05) is 29.0 Å². The Bertz CT molecular complexity index is 500. The molecule has 3 heteroatoms. The first kappa shape index (κ1) is 11.1. The zero-order chi connectivity index (χ0) is 11.7. The summed E-state index contributed by atoms with van der Waals surface area (Å²) in [6.07, 6.45) is 4.02. The van der Waals surface area contributed by atoms with Crippen LogP contribution in [0.15, 0.2) is 36.7 Å². The van der Waals surface area contributed by atoms with Crippen LogP contribution in [0.1, 0.15) is 19.9 Å². The Morgan fingerprint density at radius 2 is 2.00 bits per heavy atom. The standard InChI is InChI=1S/C13H15ClN2/c1-9(2)16-7-12(13(15)8-16)10-4-3-5-11(14)6-10/h3-9H,15H2,1-2H3. The minimum Gasteiger partial charge on any atom is -0.397 e. The Morgan fingerprint density at radius 3 is 2.56 bits per heavy atom. The van der Waals surface area contributed by atoms with Crippen LogP contribution in [-0.4, -0.2) is 4.57 Å². The maximum atomic E-state index is 6.00. The summed E-state index contributed by atoms with van der Waals surface area (Å²) in [7, 11) is 0. The van der Waals surface area contributed by atoms with Gasteiger partial charge in [-0.3, -0.25) is 0 Å². The topological polar surface area (TPSA) is 30.9 Å². The van der Waals surface area contributed by atoms with E-state index in [1.807, 2.05) is 30.5 Å². The minimum atomic E-state index is 0.412. The monoisotopic (exact) mass is 234 g/mol. The Balaban J connectivity index is 2.48. The molecule has 0 unspecified atom stereocenters. The van der Waals surface area contributed by atoms with Gasteiger partial charge in [-0.15, -0.1) is 0 Å². The van der Waals surface area contributed by atoms with Crippen LogP contribution < -0.4 is 5.73 Å². The summed E-state index contributed by atoms with van der Waals surface area (Å²) in [5.41, 5.74) is 8.88. The smallest absolute Gasteiger partial charge is 0.0573 e. The molecule has 2 aromatic rings. The molecular weight excluding hydrogens is 220 g/mol. The van der Waals surface area contributed by atoms with E-state index in [1.165, 1.54) is 0 Å². The predicted molar refractivity (Wildman–Crippen MR) is 69.7 cm³/mol. The first-order chi connectivity index (χ1) is 7.58. The number of hydrogen-bond acceptors (Lipinski definition) is 1. The second-order valence-corrected chi connectivity index (χ2v) is 4.61. The largest absolute Gasteiger partial charge is 0.397 e. The van der Waals surface area contributed by atoms with Crippen molar-refractivity contribution in [3.05, 3.63) is 41.7 Å². The van der Waals surface area contributed by atoms with Crippen LogP contribution in [0.2, 0.25) is 5.02 Å². The number of anilines is 1. The van der Waals surface area contributed by atoms with Crippen LogP contribution in [0.3, 0.4) is 0 Å². The fraction of sp³-hybridized carbons (Fsp3) is 0.231. The summed E-state index contributed by atoms with van der Waals surface area (Å²) < 4.78 is 2.10. The van der Waals surface area contributed by atoms with Gasteiger partial charge in [0.25, 0.3) is 0 Å². The van der Waals surface area contributed by atoms with Gasteiger partial charge in [-0.25, -0.2) is 0 Å². The molecule has 1 aromatic heterocycles. The van der Waals surface area contributed by atoms with Crippen molar-refractivity contribution in [2.45, 2.75) is 19.9 Å². The molecule has 16 heavy (non-hydrogen) atoms. The molecule has 0 amide bonds. The number of nitrogens with two attached hydrogens (primary N) is 1. The third-order valence-electron chi connectivity index (χ3n) is 2.61. The number of halogens is 1. The van der Waals surface area contributed by atoms with Gasteiger partial charge in [0.2, 0.25) is 0 Å². The van der Waals surface area contributed by atoms with E-state index < -0.39 is 0 Å². The molecule has 0 atom stereocenters. The van der Waals surface area contributed by atoms with Crippen molar-refractivity contribution >= 4 is 17.3 Å². The lowest BCUT2D eigenvalue weighted by Crippen LogP contribution is -1.95. The van der Waals surface area contributed by atoms with Gasteiger partial charge < -0.3 is 10.3 Å². The van der Waals surface area contributed by atoms with E-state index in [2.05, 4.69) is 24.6 Å².